The second-order valence-electron chi connectivity index (χ2n) is 5.33. The van der Waals surface area contributed by atoms with Crippen LogP contribution in [0.25, 0.3) is 10.9 Å². The summed E-state index contributed by atoms with van der Waals surface area (Å²) in [5, 5.41) is 4.34. The second-order valence-corrected chi connectivity index (χ2v) is 7.36. The molecule has 1 heterocycles. The van der Waals surface area contributed by atoms with Gasteiger partial charge in [-0.25, -0.2) is 8.42 Å². The Kier molecular flexibility index (Phi) is 4.91. The van der Waals surface area contributed by atoms with Crippen molar-refractivity contribution in [2.24, 2.45) is 0 Å². The van der Waals surface area contributed by atoms with Gasteiger partial charge in [-0.15, -0.1) is 0 Å². The minimum Gasteiger partial charge on any atom is -0.380 e. The first kappa shape index (κ1) is 16.2. The predicted molar refractivity (Wildman–Crippen MR) is 97.9 cm³/mol. The van der Waals surface area contributed by atoms with Crippen LogP contribution < -0.4 is 5.32 Å². The van der Waals surface area contributed by atoms with E-state index >= 15 is 0 Å². The summed E-state index contributed by atoms with van der Waals surface area (Å²) >= 11 is 0. The fraction of sp³-hybridized carbons (Fsp3) is 0.105. The zero-order valence-electron chi connectivity index (χ0n) is 13.1. The maximum Gasteiger partial charge on any atom is 0.181 e. The summed E-state index contributed by atoms with van der Waals surface area (Å²) < 4.78 is 24.3. The van der Waals surface area contributed by atoms with Crippen molar-refractivity contribution in [1.29, 1.82) is 0 Å². The Bertz CT molecular complexity index is 946. The maximum absolute atomic E-state index is 12.2. The third kappa shape index (κ3) is 3.81. The molecule has 0 fully saturated rings. The third-order valence-electron chi connectivity index (χ3n) is 3.63. The van der Waals surface area contributed by atoms with Crippen molar-refractivity contribution in [3.05, 3.63) is 79.0 Å². The minimum absolute atomic E-state index is 0.00746. The number of hydrogen-bond acceptors (Lipinski definition) is 4. The number of anilines is 1. The van der Waals surface area contributed by atoms with Gasteiger partial charge in [-0.05, 0) is 24.3 Å². The first-order valence-corrected chi connectivity index (χ1v) is 9.32. The Balaban J connectivity index is 1.61. The molecule has 122 valence electrons. The molecule has 3 aromatic rings. The van der Waals surface area contributed by atoms with E-state index in [9.17, 15) is 8.42 Å². The number of rotatable bonds is 6. The number of fused-ring (bicyclic) bond motifs is 1. The fourth-order valence-electron chi connectivity index (χ4n) is 2.42. The highest BCUT2D eigenvalue weighted by molar-refractivity contribution is 7.91. The van der Waals surface area contributed by atoms with E-state index in [4.69, 9.17) is 0 Å². The minimum atomic E-state index is -3.27. The van der Waals surface area contributed by atoms with E-state index in [0.29, 0.717) is 11.4 Å². The molecular weight excluding hydrogens is 320 g/mol. The SMILES string of the molecule is O=S(=O)(C/C=C/CNc1cccc2cccnc12)c1ccccc1. The number of aromatic nitrogens is 1. The number of nitrogens with one attached hydrogen (secondary N) is 1. The number of hydrogen-bond donors (Lipinski definition) is 1. The zero-order valence-corrected chi connectivity index (χ0v) is 13.9. The lowest BCUT2D eigenvalue weighted by Crippen LogP contribution is -2.05. The van der Waals surface area contributed by atoms with E-state index in [1.165, 1.54) is 0 Å². The highest BCUT2D eigenvalue weighted by Crippen LogP contribution is 2.20. The Hall–Kier alpha value is -2.66. The topological polar surface area (TPSA) is 59.1 Å². The summed E-state index contributed by atoms with van der Waals surface area (Å²) in [5.41, 5.74) is 1.84. The van der Waals surface area contributed by atoms with E-state index in [0.717, 1.165) is 16.6 Å². The molecule has 0 aliphatic heterocycles. The Morgan fingerprint density at radius 3 is 2.54 bits per heavy atom. The van der Waals surface area contributed by atoms with Gasteiger partial charge in [0.05, 0.1) is 21.9 Å². The molecule has 5 heteroatoms. The number of sulfone groups is 1. The van der Waals surface area contributed by atoms with Crippen molar-refractivity contribution in [2.45, 2.75) is 4.90 Å². The van der Waals surface area contributed by atoms with Crippen molar-refractivity contribution >= 4 is 26.4 Å². The predicted octanol–water partition coefficient (Wildman–Crippen LogP) is 3.68. The molecule has 0 amide bonds. The molecule has 24 heavy (non-hydrogen) atoms. The van der Waals surface area contributed by atoms with Crippen LogP contribution in [0, 0.1) is 0 Å². The highest BCUT2D eigenvalue weighted by atomic mass is 32.2. The molecule has 0 aliphatic carbocycles. The summed E-state index contributed by atoms with van der Waals surface area (Å²) in [6, 6.07) is 18.3. The lowest BCUT2D eigenvalue weighted by molar-refractivity contribution is 0.599. The van der Waals surface area contributed by atoms with E-state index in [1.54, 1.807) is 42.6 Å². The number of nitrogens with zero attached hydrogens (tertiary/aromatic N) is 1. The van der Waals surface area contributed by atoms with Crippen molar-refractivity contribution in [3.8, 4) is 0 Å². The van der Waals surface area contributed by atoms with Crippen LogP contribution in [0.3, 0.4) is 0 Å². The second kappa shape index (κ2) is 7.27. The number of para-hydroxylation sites is 1. The van der Waals surface area contributed by atoms with E-state index in [2.05, 4.69) is 10.3 Å². The molecule has 0 atom stereocenters. The Morgan fingerprint density at radius 2 is 1.71 bits per heavy atom. The standard InChI is InChI=1S/C19H18N2O2S/c22-24(23,17-10-2-1-3-11-17)15-5-4-13-20-18-12-6-8-16-9-7-14-21-19(16)18/h1-12,14,20H,13,15H2/b5-4+. The molecule has 0 aliphatic rings. The highest BCUT2D eigenvalue weighted by Gasteiger charge is 2.10. The summed E-state index contributed by atoms with van der Waals surface area (Å²) in [5.74, 6) is -0.00746. The van der Waals surface area contributed by atoms with Gasteiger partial charge in [0.25, 0.3) is 0 Å². The van der Waals surface area contributed by atoms with Gasteiger partial charge < -0.3 is 5.32 Å². The number of pyridine rings is 1. The van der Waals surface area contributed by atoms with Crippen LogP contribution in [0.2, 0.25) is 0 Å². The van der Waals surface area contributed by atoms with Crippen LogP contribution in [-0.2, 0) is 9.84 Å². The van der Waals surface area contributed by atoms with Gasteiger partial charge in [-0.1, -0.05) is 48.6 Å². The molecule has 3 rings (SSSR count). The average Bonchev–Trinajstić information content (AvgIpc) is 2.62. The Labute approximate surface area is 141 Å². The van der Waals surface area contributed by atoms with Crippen molar-refractivity contribution in [3.63, 3.8) is 0 Å². The molecule has 0 radical (unpaired) electrons. The molecule has 0 unspecified atom stereocenters. The number of benzene rings is 2. The van der Waals surface area contributed by atoms with Crippen LogP contribution in [-0.4, -0.2) is 25.7 Å². The quantitative estimate of drug-likeness (QED) is 0.697. The summed E-state index contributed by atoms with van der Waals surface area (Å²) in [4.78, 5) is 4.72. The normalized spacial score (nSPS) is 11.8. The lowest BCUT2D eigenvalue weighted by atomic mass is 10.2. The van der Waals surface area contributed by atoms with E-state index in [1.807, 2.05) is 36.4 Å². The van der Waals surface area contributed by atoms with Gasteiger partial charge in [0, 0.05) is 18.1 Å². The molecule has 4 nitrogen and oxygen atoms in total. The molecule has 1 aromatic heterocycles. The van der Waals surface area contributed by atoms with Crippen LogP contribution >= 0.6 is 0 Å². The molecule has 1 N–H and O–H groups in total. The third-order valence-corrected chi connectivity index (χ3v) is 5.25. The largest absolute Gasteiger partial charge is 0.380 e. The van der Waals surface area contributed by atoms with E-state index in [-0.39, 0.29) is 5.75 Å². The summed E-state index contributed by atoms with van der Waals surface area (Å²) in [6.45, 7) is 0.542. The van der Waals surface area contributed by atoms with Crippen LogP contribution in [0.1, 0.15) is 0 Å². The molecule has 0 bridgehead atoms. The van der Waals surface area contributed by atoms with Gasteiger partial charge in [0.15, 0.2) is 9.84 Å². The van der Waals surface area contributed by atoms with Gasteiger partial charge in [0.1, 0.15) is 0 Å². The van der Waals surface area contributed by atoms with Gasteiger partial charge in [-0.2, -0.15) is 0 Å². The van der Waals surface area contributed by atoms with Crippen molar-refractivity contribution in [2.75, 3.05) is 17.6 Å². The first-order chi connectivity index (χ1) is 11.7. The van der Waals surface area contributed by atoms with Crippen LogP contribution in [0.15, 0.2) is 83.9 Å². The van der Waals surface area contributed by atoms with Gasteiger partial charge in [-0.3, -0.25) is 4.98 Å². The maximum atomic E-state index is 12.2. The van der Waals surface area contributed by atoms with E-state index < -0.39 is 9.84 Å². The van der Waals surface area contributed by atoms with Crippen molar-refractivity contribution in [1.82, 2.24) is 4.98 Å². The van der Waals surface area contributed by atoms with Crippen LogP contribution in [0.5, 0.6) is 0 Å². The molecule has 2 aromatic carbocycles. The first-order valence-electron chi connectivity index (χ1n) is 7.67. The summed E-state index contributed by atoms with van der Waals surface area (Å²) in [7, 11) is -3.27. The van der Waals surface area contributed by atoms with Crippen LogP contribution in [0.4, 0.5) is 5.69 Å². The Morgan fingerprint density at radius 1 is 0.917 bits per heavy atom. The van der Waals surface area contributed by atoms with Crippen molar-refractivity contribution < 1.29 is 8.42 Å². The average molecular weight is 338 g/mol. The molecular formula is C19H18N2O2S. The molecule has 0 saturated heterocycles. The summed E-state index contributed by atoms with van der Waals surface area (Å²) in [6.07, 6.45) is 5.26. The van der Waals surface area contributed by atoms with Gasteiger partial charge >= 0.3 is 0 Å². The monoisotopic (exact) mass is 338 g/mol. The van der Waals surface area contributed by atoms with Gasteiger partial charge in [0.2, 0.25) is 0 Å². The molecule has 0 saturated carbocycles. The fourth-order valence-corrected chi connectivity index (χ4v) is 3.57. The lowest BCUT2D eigenvalue weighted by Gasteiger charge is -2.06. The smallest absolute Gasteiger partial charge is 0.181 e. The molecule has 0 spiro atoms. The zero-order chi connectivity index (χ0) is 16.8.